The zero-order valence-electron chi connectivity index (χ0n) is 11.1. The van der Waals surface area contributed by atoms with E-state index in [1.807, 2.05) is 20.8 Å². The maximum absolute atomic E-state index is 12.2. The van der Waals surface area contributed by atoms with E-state index in [1.54, 1.807) is 24.3 Å². The molecular formula is C13H16N4OS. The quantitative estimate of drug-likeness (QED) is 0.826. The Balaban J connectivity index is 2.21. The summed E-state index contributed by atoms with van der Waals surface area (Å²) in [6, 6.07) is 7.01. The topological polar surface area (TPSA) is 80.9 Å². The van der Waals surface area contributed by atoms with Crippen LogP contribution >= 0.6 is 11.5 Å². The van der Waals surface area contributed by atoms with Crippen LogP contribution in [0.5, 0.6) is 0 Å². The molecule has 0 saturated heterocycles. The molecule has 5 nitrogen and oxygen atoms in total. The number of rotatable bonds is 2. The molecule has 3 N–H and O–H groups in total. The Bertz CT molecular complexity index is 583. The van der Waals surface area contributed by atoms with E-state index < -0.39 is 0 Å². The fourth-order valence-electron chi connectivity index (χ4n) is 1.58. The summed E-state index contributed by atoms with van der Waals surface area (Å²) in [7, 11) is 0. The van der Waals surface area contributed by atoms with Gasteiger partial charge in [-0.05, 0) is 35.8 Å². The van der Waals surface area contributed by atoms with Crippen LogP contribution in [0.25, 0.3) is 0 Å². The molecule has 0 atom stereocenters. The van der Waals surface area contributed by atoms with E-state index >= 15 is 0 Å². The molecule has 1 heterocycles. The molecule has 0 aliphatic heterocycles. The molecule has 0 aliphatic carbocycles. The highest BCUT2D eigenvalue weighted by atomic mass is 32.1. The van der Waals surface area contributed by atoms with Crippen molar-refractivity contribution in [2.45, 2.75) is 26.2 Å². The van der Waals surface area contributed by atoms with Crippen LogP contribution in [0.2, 0.25) is 0 Å². The Hall–Kier alpha value is -1.95. The number of benzene rings is 1. The number of carbonyl (C=O) groups is 1. The largest absolute Gasteiger partial charge is 0.399 e. The summed E-state index contributed by atoms with van der Waals surface area (Å²) in [5.74, 6) is -0.190. The predicted molar refractivity (Wildman–Crippen MR) is 77.4 cm³/mol. The first kappa shape index (κ1) is 13.5. The highest BCUT2D eigenvalue weighted by molar-refractivity contribution is 7.08. The number of nitrogen functional groups attached to an aromatic ring is 1. The van der Waals surface area contributed by atoms with Crippen molar-refractivity contribution in [2.75, 3.05) is 11.1 Å². The monoisotopic (exact) mass is 276 g/mol. The van der Waals surface area contributed by atoms with E-state index in [0.29, 0.717) is 21.9 Å². The van der Waals surface area contributed by atoms with Gasteiger partial charge in [-0.3, -0.25) is 4.79 Å². The van der Waals surface area contributed by atoms with Crippen LogP contribution in [0.3, 0.4) is 0 Å². The summed E-state index contributed by atoms with van der Waals surface area (Å²) in [5.41, 5.74) is 7.47. The highest BCUT2D eigenvalue weighted by Crippen LogP contribution is 2.26. The summed E-state index contributed by atoms with van der Waals surface area (Å²) >= 11 is 1.11. The van der Waals surface area contributed by atoms with Gasteiger partial charge in [-0.15, -0.1) is 5.10 Å². The molecule has 1 aromatic heterocycles. The predicted octanol–water partition coefficient (Wildman–Crippen LogP) is 2.67. The Morgan fingerprint density at radius 1 is 1.26 bits per heavy atom. The van der Waals surface area contributed by atoms with E-state index in [0.717, 1.165) is 11.5 Å². The Labute approximate surface area is 116 Å². The van der Waals surface area contributed by atoms with Crippen LogP contribution in [-0.4, -0.2) is 15.5 Å². The molecule has 100 valence electrons. The molecule has 0 radical (unpaired) electrons. The Kier molecular flexibility index (Phi) is 3.53. The van der Waals surface area contributed by atoms with E-state index in [4.69, 9.17) is 5.73 Å². The second-order valence-corrected chi connectivity index (χ2v) is 6.03. The second-order valence-electron chi connectivity index (χ2n) is 5.28. The van der Waals surface area contributed by atoms with Gasteiger partial charge in [-0.1, -0.05) is 25.3 Å². The molecular weight excluding hydrogens is 260 g/mol. The number of nitrogens with zero attached hydrogens (tertiary/aromatic N) is 2. The molecule has 2 rings (SSSR count). The molecule has 0 fully saturated rings. The third kappa shape index (κ3) is 3.08. The van der Waals surface area contributed by atoms with E-state index in [2.05, 4.69) is 14.9 Å². The number of hydrogen-bond donors (Lipinski definition) is 2. The normalized spacial score (nSPS) is 11.3. The van der Waals surface area contributed by atoms with Crippen molar-refractivity contribution in [3.8, 4) is 0 Å². The fourth-order valence-corrected chi connectivity index (χ4v) is 2.36. The molecule has 0 bridgehead atoms. The van der Waals surface area contributed by atoms with Gasteiger partial charge >= 0.3 is 0 Å². The molecule has 0 saturated carbocycles. The first-order valence-electron chi connectivity index (χ1n) is 5.87. The van der Waals surface area contributed by atoms with Gasteiger partial charge in [-0.25, -0.2) is 0 Å². The van der Waals surface area contributed by atoms with E-state index in [1.165, 1.54) is 0 Å². The van der Waals surface area contributed by atoms with Gasteiger partial charge in [0.1, 0.15) is 4.88 Å². The number of carbonyl (C=O) groups excluding carboxylic acids is 1. The van der Waals surface area contributed by atoms with Crippen molar-refractivity contribution in [1.29, 1.82) is 0 Å². The lowest BCUT2D eigenvalue weighted by Crippen LogP contribution is -2.19. The molecule has 19 heavy (non-hydrogen) atoms. The van der Waals surface area contributed by atoms with Crippen LogP contribution in [0.15, 0.2) is 24.3 Å². The summed E-state index contributed by atoms with van der Waals surface area (Å²) < 4.78 is 3.88. The number of amides is 1. The number of aromatic nitrogens is 2. The fraction of sp³-hybridized carbons (Fsp3) is 0.308. The number of nitrogens with one attached hydrogen (secondary N) is 1. The van der Waals surface area contributed by atoms with Crippen molar-refractivity contribution < 1.29 is 4.79 Å². The van der Waals surface area contributed by atoms with Gasteiger partial charge in [0.15, 0.2) is 0 Å². The van der Waals surface area contributed by atoms with Crippen molar-refractivity contribution in [3.05, 3.63) is 34.8 Å². The standard InChI is InChI=1S/C13H16N4OS/c1-13(2,3)11-10(19-17-16-11)12(18)15-9-6-4-8(14)5-7-9/h4-7H,14H2,1-3H3,(H,15,18). The average molecular weight is 276 g/mol. The number of hydrogen-bond acceptors (Lipinski definition) is 5. The van der Waals surface area contributed by atoms with E-state index in [-0.39, 0.29) is 11.3 Å². The molecule has 0 unspecified atom stereocenters. The number of anilines is 2. The lowest BCUT2D eigenvalue weighted by atomic mass is 9.91. The summed E-state index contributed by atoms with van der Waals surface area (Å²) in [6.45, 7) is 6.01. The molecule has 0 spiro atoms. The Morgan fingerprint density at radius 3 is 2.47 bits per heavy atom. The lowest BCUT2D eigenvalue weighted by molar-refractivity contribution is 0.102. The SMILES string of the molecule is CC(C)(C)c1nnsc1C(=O)Nc1ccc(N)cc1. The van der Waals surface area contributed by atoms with Gasteiger partial charge in [0.25, 0.3) is 5.91 Å². The highest BCUT2D eigenvalue weighted by Gasteiger charge is 2.26. The van der Waals surface area contributed by atoms with Crippen LogP contribution in [0.1, 0.15) is 36.1 Å². The van der Waals surface area contributed by atoms with Crippen LogP contribution in [0.4, 0.5) is 11.4 Å². The molecule has 6 heteroatoms. The smallest absolute Gasteiger partial charge is 0.269 e. The van der Waals surface area contributed by atoms with Crippen molar-refractivity contribution >= 4 is 28.8 Å². The molecule has 1 aromatic carbocycles. The maximum Gasteiger partial charge on any atom is 0.269 e. The Morgan fingerprint density at radius 2 is 1.89 bits per heavy atom. The summed E-state index contributed by atoms with van der Waals surface area (Å²) in [6.07, 6.45) is 0. The minimum atomic E-state index is -0.208. The van der Waals surface area contributed by atoms with Crippen molar-refractivity contribution in [3.63, 3.8) is 0 Å². The molecule has 2 aromatic rings. The van der Waals surface area contributed by atoms with Crippen LogP contribution in [-0.2, 0) is 5.41 Å². The van der Waals surface area contributed by atoms with Gasteiger partial charge in [0, 0.05) is 16.8 Å². The first-order chi connectivity index (χ1) is 8.88. The molecule has 1 amide bonds. The van der Waals surface area contributed by atoms with Gasteiger partial charge in [0.2, 0.25) is 0 Å². The second kappa shape index (κ2) is 4.97. The maximum atomic E-state index is 12.2. The van der Waals surface area contributed by atoms with Crippen LogP contribution < -0.4 is 11.1 Å². The van der Waals surface area contributed by atoms with Crippen LogP contribution in [0, 0.1) is 0 Å². The van der Waals surface area contributed by atoms with Crippen molar-refractivity contribution in [2.24, 2.45) is 0 Å². The lowest BCUT2D eigenvalue weighted by Gasteiger charge is -2.16. The van der Waals surface area contributed by atoms with Gasteiger partial charge in [0.05, 0.1) is 5.69 Å². The summed E-state index contributed by atoms with van der Waals surface area (Å²) in [4.78, 5) is 12.8. The first-order valence-corrected chi connectivity index (χ1v) is 6.65. The van der Waals surface area contributed by atoms with E-state index in [9.17, 15) is 4.79 Å². The zero-order valence-corrected chi connectivity index (χ0v) is 11.9. The number of nitrogens with two attached hydrogens (primary N) is 1. The minimum absolute atomic E-state index is 0.190. The summed E-state index contributed by atoms with van der Waals surface area (Å²) in [5, 5.41) is 6.87. The third-order valence-electron chi connectivity index (χ3n) is 2.57. The minimum Gasteiger partial charge on any atom is -0.399 e. The van der Waals surface area contributed by atoms with Gasteiger partial charge in [-0.2, -0.15) is 0 Å². The van der Waals surface area contributed by atoms with Crippen molar-refractivity contribution in [1.82, 2.24) is 9.59 Å². The average Bonchev–Trinajstić information content (AvgIpc) is 2.81. The third-order valence-corrected chi connectivity index (χ3v) is 3.30. The van der Waals surface area contributed by atoms with Gasteiger partial charge < -0.3 is 11.1 Å². The zero-order chi connectivity index (χ0) is 14.0. The molecule has 0 aliphatic rings.